The predicted molar refractivity (Wildman–Crippen MR) is 90.1 cm³/mol. The number of rotatable bonds is 4. The van der Waals surface area contributed by atoms with E-state index in [1.165, 1.54) is 12.1 Å². The highest BCUT2D eigenvalue weighted by molar-refractivity contribution is 5.75. The smallest absolute Gasteiger partial charge is 0.317 e. The zero-order valence-corrected chi connectivity index (χ0v) is 14.4. The minimum atomic E-state index is -0.603. The molecule has 5 nitrogen and oxygen atoms in total. The van der Waals surface area contributed by atoms with Gasteiger partial charge in [-0.15, -0.1) is 0 Å². The van der Waals surface area contributed by atoms with Crippen molar-refractivity contribution in [2.75, 3.05) is 13.1 Å². The van der Waals surface area contributed by atoms with E-state index in [0.717, 1.165) is 24.5 Å². The topological polar surface area (TPSA) is 50.2 Å². The first kappa shape index (κ1) is 17.4. The number of halogens is 2. The summed E-state index contributed by atoms with van der Waals surface area (Å²) in [7, 11) is 1.85. The lowest BCUT2D eigenvalue weighted by molar-refractivity contribution is 0.192. The lowest BCUT2D eigenvalue weighted by Gasteiger charge is -2.25. The lowest BCUT2D eigenvalue weighted by Crippen LogP contribution is -2.40. The Balaban J connectivity index is 1.61. The van der Waals surface area contributed by atoms with Crippen molar-refractivity contribution in [3.63, 3.8) is 0 Å². The average Bonchev–Trinajstić information content (AvgIpc) is 3.20. The van der Waals surface area contributed by atoms with Gasteiger partial charge >= 0.3 is 6.03 Å². The zero-order chi connectivity index (χ0) is 18.0. The molecule has 1 aromatic heterocycles. The number of aromatic nitrogens is 2. The Morgan fingerprint density at radius 3 is 2.92 bits per heavy atom. The molecule has 1 aliphatic rings. The molecular weight excluding hydrogens is 326 g/mol. The van der Waals surface area contributed by atoms with Gasteiger partial charge in [-0.2, -0.15) is 5.10 Å². The summed E-state index contributed by atoms with van der Waals surface area (Å²) in [6.45, 7) is 2.78. The van der Waals surface area contributed by atoms with E-state index in [1.807, 2.05) is 13.2 Å². The fourth-order valence-electron chi connectivity index (χ4n) is 3.32. The van der Waals surface area contributed by atoms with Crippen molar-refractivity contribution in [2.45, 2.75) is 31.7 Å². The first-order valence-electron chi connectivity index (χ1n) is 8.43. The second-order valence-corrected chi connectivity index (χ2v) is 6.55. The van der Waals surface area contributed by atoms with Gasteiger partial charge in [0.15, 0.2) is 0 Å². The first-order valence-corrected chi connectivity index (χ1v) is 8.43. The summed E-state index contributed by atoms with van der Waals surface area (Å²) >= 11 is 0. The summed E-state index contributed by atoms with van der Waals surface area (Å²) < 4.78 is 28.6. The number of carbonyl (C=O) groups is 1. The standard InChI is InChI=1S/C18H22F2N4O/c1-12(15-6-5-14(19)8-16(15)20)9-21-18(25)24-7-3-4-17(24)13-10-22-23(2)11-13/h5-6,8,10-12,17H,3-4,7,9H2,1-2H3,(H,21,25)/t12-,17+/m1/s1. The summed E-state index contributed by atoms with van der Waals surface area (Å²) in [5.41, 5.74) is 1.42. The highest BCUT2D eigenvalue weighted by Crippen LogP contribution is 2.31. The van der Waals surface area contributed by atoms with Crippen LogP contribution in [0.3, 0.4) is 0 Å². The number of aryl methyl sites for hydroxylation is 1. The van der Waals surface area contributed by atoms with Gasteiger partial charge in [0.05, 0.1) is 12.2 Å². The number of nitrogens with zero attached hydrogens (tertiary/aromatic N) is 3. The molecule has 0 aliphatic carbocycles. The van der Waals surface area contributed by atoms with Gasteiger partial charge in [-0.05, 0) is 24.5 Å². The van der Waals surface area contributed by atoms with Crippen LogP contribution < -0.4 is 5.32 Å². The van der Waals surface area contributed by atoms with E-state index >= 15 is 0 Å². The number of amides is 2. The highest BCUT2D eigenvalue weighted by atomic mass is 19.1. The second kappa shape index (κ2) is 7.21. The van der Waals surface area contributed by atoms with Crippen molar-refractivity contribution < 1.29 is 13.6 Å². The Morgan fingerprint density at radius 1 is 1.44 bits per heavy atom. The number of urea groups is 1. The fourth-order valence-corrected chi connectivity index (χ4v) is 3.32. The molecule has 0 radical (unpaired) electrons. The van der Waals surface area contributed by atoms with E-state index in [9.17, 15) is 13.6 Å². The van der Waals surface area contributed by atoms with Crippen LogP contribution in [0.2, 0.25) is 0 Å². The van der Waals surface area contributed by atoms with Crippen LogP contribution in [0, 0.1) is 11.6 Å². The van der Waals surface area contributed by atoms with Crippen LogP contribution in [0.4, 0.5) is 13.6 Å². The van der Waals surface area contributed by atoms with Gasteiger partial charge in [0.1, 0.15) is 11.6 Å². The van der Waals surface area contributed by atoms with Crippen molar-refractivity contribution in [3.8, 4) is 0 Å². The van der Waals surface area contributed by atoms with E-state index < -0.39 is 11.6 Å². The van der Waals surface area contributed by atoms with Gasteiger partial charge in [-0.3, -0.25) is 4.68 Å². The van der Waals surface area contributed by atoms with E-state index in [1.54, 1.807) is 22.7 Å². The van der Waals surface area contributed by atoms with Crippen molar-refractivity contribution >= 4 is 6.03 Å². The van der Waals surface area contributed by atoms with Crippen LogP contribution in [-0.2, 0) is 7.05 Å². The van der Waals surface area contributed by atoms with Gasteiger partial charge in [0.2, 0.25) is 0 Å². The summed E-state index contributed by atoms with van der Waals surface area (Å²) in [4.78, 5) is 14.3. The molecule has 2 heterocycles. The zero-order valence-electron chi connectivity index (χ0n) is 14.4. The molecule has 0 spiro atoms. The lowest BCUT2D eigenvalue weighted by atomic mass is 10.0. The Kier molecular flexibility index (Phi) is 5.01. The molecule has 2 atom stereocenters. The van der Waals surface area contributed by atoms with Crippen LogP contribution in [0.15, 0.2) is 30.6 Å². The van der Waals surface area contributed by atoms with Crippen molar-refractivity contribution in [3.05, 3.63) is 53.4 Å². The molecule has 1 saturated heterocycles. The van der Waals surface area contributed by atoms with E-state index in [4.69, 9.17) is 0 Å². The first-order chi connectivity index (χ1) is 12.0. The van der Waals surface area contributed by atoms with Crippen molar-refractivity contribution in [1.82, 2.24) is 20.0 Å². The fraction of sp³-hybridized carbons (Fsp3) is 0.444. The quantitative estimate of drug-likeness (QED) is 0.921. The van der Waals surface area contributed by atoms with Crippen LogP contribution >= 0.6 is 0 Å². The molecule has 0 bridgehead atoms. The molecule has 7 heteroatoms. The second-order valence-electron chi connectivity index (χ2n) is 6.55. The maximum absolute atomic E-state index is 13.8. The number of hydrogen-bond acceptors (Lipinski definition) is 2. The molecular formula is C18H22F2N4O. The third-order valence-electron chi connectivity index (χ3n) is 4.68. The van der Waals surface area contributed by atoms with Crippen LogP contribution in [0.1, 0.15) is 42.9 Å². The number of benzene rings is 1. The Bertz CT molecular complexity index is 761. The summed E-state index contributed by atoms with van der Waals surface area (Å²) in [5, 5.41) is 7.04. The number of likely N-dealkylation sites (tertiary alicyclic amines) is 1. The van der Waals surface area contributed by atoms with Gasteiger partial charge in [-0.25, -0.2) is 13.6 Å². The highest BCUT2D eigenvalue weighted by Gasteiger charge is 2.30. The van der Waals surface area contributed by atoms with Crippen molar-refractivity contribution in [1.29, 1.82) is 0 Å². The normalized spacial score (nSPS) is 18.4. The molecule has 3 rings (SSSR count). The Hall–Kier alpha value is -2.44. The van der Waals surface area contributed by atoms with Gasteiger partial charge in [-0.1, -0.05) is 13.0 Å². The van der Waals surface area contributed by atoms with E-state index in [2.05, 4.69) is 10.4 Å². The van der Waals surface area contributed by atoms with E-state index in [-0.39, 0.29) is 24.5 Å². The summed E-state index contributed by atoms with van der Waals surface area (Å²) in [5.74, 6) is -1.44. The minimum absolute atomic E-state index is 0.0200. The molecule has 0 unspecified atom stereocenters. The average molecular weight is 348 g/mol. The maximum atomic E-state index is 13.8. The molecule has 134 valence electrons. The van der Waals surface area contributed by atoms with Gasteiger partial charge < -0.3 is 10.2 Å². The SMILES string of the molecule is C[C@H](CNC(=O)N1CCC[C@H]1c1cnn(C)c1)c1ccc(F)cc1F. The van der Waals surface area contributed by atoms with Gasteiger partial charge in [0.25, 0.3) is 0 Å². The monoisotopic (exact) mass is 348 g/mol. The molecule has 1 fully saturated rings. The summed E-state index contributed by atoms with van der Waals surface area (Å²) in [6, 6.07) is 3.38. The third kappa shape index (κ3) is 3.81. The van der Waals surface area contributed by atoms with Gasteiger partial charge in [0, 0.05) is 43.9 Å². The molecule has 2 amide bonds. The molecule has 2 aromatic rings. The largest absolute Gasteiger partial charge is 0.337 e. The van der Waals surface area contributed by atoms with Crippen LogP contribution in [-0.4, -0.2) is 33.8 Å². The Morgan fingerprint density at radius 2 is 2.24 bits per heavy atom. The molecule has 1 aliphatic heterocycles. The predicted octanol–water partition coefficient (Wildman–Crippen LogP) is 3.35. The molecule has 1 N–H and O–H groups in total. The third-order valence-corrected chi connectivity index (χ3v) is 4.68. The van der Waals surface area contributed by atoms with Crippen LogP contribution in [0.5, 0.6) is 0 Å². The number of carbonyl (C=O) groups excluding carboxylic acids is 1. The molecule has 1 aromatic carbocycles. The molecule has 0 saturated carbocycles. The number of nitrogens with one attached hydrogen (secondary N) is 1. The van der Waals surface area contributed by atoms with Crippen LogP contribution in [0.25, 0.3) is 0 Å². The molecule has 25 heavy (non-hydrogen) atoms. The van der Waals surface area contributed by atoms with Crippen molar-refractivity contribution in [2.24, 2.45) is 7.05 Å². The minimum Gasteiger partial charge on any atom is -0.337 e. The van der Waals surface area contributed by atoms with E-state index in [0.29, 0.717) is 12.1 Å². The number of hydrogen-bond donors (Lipinski definition) is 1. The maximum Gasteiger partial charge on any atom is 0.317 e. The Labute approximate surface area is 145 Å². The summed E-state index contributed by atoms with van der Waals surface area (Å²) in [6.07, 6.45) is 5.55.